The molecule has 210 valence electrons. The van der Waals surface area contributed by atoms with E-state index in [1.54, 1.807) is 44.2 Å². The molecule has 0 aliphatic rings. The second-order valence-corrected chi connectivity index (χ2v) is 8.99. The molecule has 1 rings (SSSR count). The second kappa shape index (κ2) is 16.0. The van der Waals surface area contributed by atoms with Gasteiger partial charge in [0.15, 0.2) is 0 Å². The Morgan fingerprint density at radius 1 is 0.789 bits per heavy atom. The van der Waals surface area contributed by atoms with Crippen molar-refractivity contribution < 1.29 is 44.1 Å². The normalized spacial score (nSPS) is 14.7. The fourth-order valence-electron chi connectivity index (χ4n) is 3.49. The van der Waals surface area contributed by atoms with Crippen LogP contribution >= 0.6 is 0 Å². The van der Waals surface area contributed by atoms with Crippen LogP contribution in [0, 0.1) is 5.92 Å². The average molecular weight is 537 g/mol. The maximum Gasteiger partial charge on any atom is 0.326 e. The number of nitrogens with two attached hydrogens (primary N) is 1. The Balaban J connectivity index is 3.04. The van der Waals surface area contributed by atoms with E-state index in [2.05, 4.69) is 16.0 Å². The topological polar surface area (TPSA) is 225 Å². The Bertz CT molecular complexity index is 986. The number of amides is 3. The van der Waals surface area contributed by atoms with Gasteiger partial charge in [0.05, 0.1) is 6.04 Å². The first-order valence-corrected chi connectivity index (χ1v) is 12.2. The van der Waals surface area contributed by atoms with Gasteiger partial charge in [-0.05, 0) is 24.3 Å². The molecule has 0 saturated carbocycles. The summed E-state index contributed by atoms with van der Waals surface area (Å²) in [6.45, 7) is 3.43. The van der Waals surface area contributed by atoms with Gasteiger partial charge < -0.3 is 37.0 Å². The summed E-state index contributed by atoms with van der Waals surface area (Å²) in [6.07, 6.45) is -0.926. The van der Waals surface area contributed by atoms with Crippen LogP contribution in [-0.2, 0) is 35.2 Å². The van der Waals surface area contributed by atoms with Gasteiger partial charge in [0.2, 0.25) is 17.7 Å². The van der Waals surface area contributed by atoms with E-state index in [4.69, 9.17) is 15.9 Å². The molecule has 0 radical (unpaired) electrons. The van der Waals surface area contributed by atoms with Crippen molar-refractivity contribution in [2.75, 3.05) is 0 Å². The van der Waals surface area contributed by atoms with Gasteiger partial charge in [0.1, 0.15) is 18.1 Å². The Kier molecular flexibility index (Phi) is 13.5. The van der Waals surface area contributed by atoms with Crippen molar-refractivity contribution in [2.45, 2.75) is 76.5 Å². The molecule has 38 heavy (non-hydrogen) atoms. The van der Waals surface area contributed by atoms with Gasteiger partial charge in [0.25, 0.3) is 0 Å². The summed E-state index contributed by atoms with van der Waals surface area (Å²) in [5.41, 5.74) is 6.38. The number of benzene rings is 1. The number of carboxylic acids is 3. The Labute approximate surface area is 220 Å². The SMILES string of the molecule is CCC(C)C(NC(=O)C(N)CCC(=O)O)C(=O)NC(CCC(=O)O)C(=O)NC(Cc1ccccc1)C(=O)O. The quantitative estimate of drug-likeness (QED) is 0.140. The van der Waals surface area contributed by atoms with Crippen LogP contribution in [0.15, 0.2) is 30.3 Å². The molecule has 3 amide bonds. The molecule has 0 aliphatic heterocycles. The first kappa shape index (κ1) is 32.0. The fraction of sp³-hybridized carbons (Fsp3) is 0.520. The minimum Gasteiger partial charge on any atom is -0.481 e. The monoisotopic (exact) mass is 536 g/mol. The van der Waals surface area contributed by atoms with Gasteiger partial charge in [-0.2, -0.15) is 0 Å². The highest BCUT2D eigenvalue weighted by Crippen LogP contribution is 2.11. The van der Waals surface area contributed by atoms with Crippen LogP contribution < -0.4 is 21.7 Å². The maximum absolute atomic E-state index is 13.1. The Hall–Kier alpha value is -4.00. The van der Waals surface area contributed by atoms with Crippen molar-refractivity contribution in [1.82, 2.24) is 16.0 Å². The van der Waals surface area contributed by atoms with Gasteiger partial charge in [-0.25, -0.2) is 4.79 Å². The van der Waals surface area contributed by atoms with Gasteiger partial charge in [-0.1, -0.05) is 50.6 Å². The van der Waals surface area contributed by atoms with E-state index < -0.39 is 72.1 Å². The smallest absolute Gasteiger partial charge is 0.326 e. The molecule has 1 aromatic carbocycles. The highest BCUT2D eigenvalue weighted by atomic mass is 16.4. The molecule has 13 nitrogen and oxygen atoms in total. The van der Waals surface area contributed by atoms with E-state index in [1.165, 1.54) is 0 Å². The number of hydrogen-bond donors (Lipinski definition) is 7. The molecule has 1 aromatic rings. The third-order valence-corrected chi connectivity index (χ3v) is 5.98. The van der Waals surface area contributed by atoms with Gasteiger partial charge in [-0.3, -0.25) is 24.0 Å². The van der Waals surface area contributed by atoms with Crippen LogP contribution in [0.3, 0.4) is 0 Å². The summed E-state index contributed by atoms with van der Waals surface area (Å²) in [6, 6.07) is 3.45. The summed E-state index contributed by atoms with van der Waals surface area (Å²) in [5.74, 6) is -6.55. The second-order valence-electron chi connectivity index (χ2n) is 8.99. The zero-order chi connectivity index (χ0) is 28.8. The molecule has 5 unspecified atom stereocenters. The number of carbonyl (C=O) groups excluding carboxylic acids is 3. The number of nitrogens with one attached hydrogen (secondary N) is 3. The Morgan fingerprint density at radius 2 is 1.34 bits per heavy atom. The molecule has 0 aliphatic carbocycles. The first-order valence-electron chi connectivity index (χ1n) is 12.2. The van der Waals surface area contributed by atoms with Crippen LogP contribution in [0.2, 0.25) is 0 Å². The van der Waals surface area contributed by atoms with Crippen LogP contribution in [0.4, 0.5) is 0 Å². The largest absolute Gasteiger partial charge is 0.481 e. The minimum atomic E-state index is -1.40. The summed E-state index contributed by atoms with van der Waals surface area (Å²) in [7, 11) is 0. The lowest BCUT2D eigenvalue weighted by Gasteiger charge is -2.28. The molecule has 5 atom stereocenters. The van der Waals surface area contributed by atoms with Crippen molar-refractivity contribution in [2.24, 2.45) is 11.7 Å². The van der Waals surface area contributed by atoms with Gasteiger partial charge >= 0.3 is 17.9 Å². The summed E-state index contributed by atoms with van der Waals surface area (Å²) in [4.78, 5) is 72.3. The van der Waals surface area contributed by atoms with E-state index in [0.717, 1.165) is 0 Å². The van der Waals surface area contributed by atoms with Crippen molar-refractivity contribution in [3.8, 4) is 0 Å². The summed E-state index contributed by atoms with van der Waals surface area (Å²) in [5, 5.41) is 34.8. The Morgan fingerprint density at radius 3 is 1.87 bits per heavy atom. The van der Waals surface area contributed by atoms with Crippen LogP contribution in [-0.4, -0.2) is 75.1 Å². The number of carbonyl (C=O) groups is 6. The zero-order valence-electron chi connectivity index (χ0n) is 21.4. The fourth-order valence-corrected chi connectivity index (χ4v) is 3.49. The molecule has 0 heterocycles. The molecular weight excluding hydrogens is 500 g/mol. The van der Waals surface area contributed by atoms with Crippen LogP contribution in [0.5, 0.6) is 0 Å². The highest BCUT2D eigenvalue weighted by Gasteiger charge is 2.32. The minimum absolute atomic E-state index is 0.0404. The molecule has 8 N–H and O–H groups in total. The lowest BCUT2D eigenvalue weighted by molar-refractivity contribution is -0.143. The third kappa shape index (κ3) is 11.4. The standard InChI is InChI=1S/C25H36N4O9/c1-3-14(2)21(29-22(34)16(26)9-11-19(30)31)24(36)27-17(10-12-20(32)33)23(35)28-18(25(37)38)13-15-7-5-4-6-8-15/h4-8,14,16-18,21H,3,9-13,26H2,1-2H3,(H,27,36)(H,28,35)(H,29,34)(H,30,31)(H,32,33)(H,37,38). The summed E-state index contributed by atoms with van der Waals surface area (Å²) >= 11 is 0. The number of aliphatic carboxylic acids is 3. The van der Waals surface area contributed by atoms with E-state index in [1.807, 2.05) is 0 Å². The van der Waals surface area contributed by atoms with Crippen molar-refractivity contribution in [1.29, 1.82) is 0 Å². The van der Waals surface area contributed by atoms with Gasteiger partial charge in [0, 0.05) is 19.3 Å². The van der Waals surface area contributed by atoms with Crippen LogP contribution in [0.1, 0.15) is 51.5 Å². The van der Waals surface area contributed by atoms with Crippen molar-refractivity contribution in [3.05, 3.63) is 35.9 Å². The van der Waals surface area contributed by atoms with Crippen molar-refractivity contribution in [3.63, 3.8) is 0 Å². The van der Waals surface area contributed by atoms with E-state index in [0.29, 0.717) is 12.0 Å². The molecule has 13 heteroatoms. The number of hydrogen-bond acceptors (Lipinski definition) is 7. The zero-order valence-corrected chi connectivity index (χ0v) is 21.4. The average Bonchev–Trinajstić information content (AvgIpc) is 2.87. The molecule has 0 spiro atoms. The third-order valence-electron chi connectivity index (χ3n) is 5.98. The predicted octanol–water partition coefficient (Wildman–Crippen LogP) is -0.129. The van der Waals surface area contributed by atoms with Crippen molar-refractivity contribution >= 4 is 35.6 Å². The predicted molar refractivity (Wildman–Crippen MR) is 135 cm³/mol. The van der Waals surface area contributed by atoms with E-state index >= 15 is 0 Å². The lowest BCUT2D eigenvalue weighted by atomic mass is 9.96. The van der Waals surface area contributed by atoms with E-state index in [-0.39, 0.29) is 25.7 Å². The highest BCUT2D eigenvalue weighted by molar-refractivity contribution is 5.94. The van der Waals surface area contributed by atoms with Gasteiger partial charge in [-0.15, -0.1) is 0 Å². The molecule has 0 bridgehead atoms. The van der Waals surface area contributed by atoms with E-state index in [9.17, 15) is 33.9 Å². The molecule has 0 saturated heterocycles. The molecule has 0 fully saturated rings. The number of carboxylic acid groups (broad SMARTS) is 3. The maximum atomic E-state index is 13.1. The lowest BCUT2D eigenvalue weighted by Crippen LogP contribution is -2.58. The summed E-state index contributed by atoms with van der Waals surface area (Å²) < 4.78 is 0. The number of rotatable bonds is 17. The first-order chi connectivity index (χ1) is 17.8. The molecular formula is C25H36N4O9. The van der Waals surface area contributed by atoms with Crippen LogP contribution in [0.25, 0.3) is 0 Å². The molecule has 0 aromatic heterocycles.